The van der Waals surface area contributed by atoms with E-state index in [1.165, 1.54) is 17.5 Å². The van der Waals surface area contributed by atoms with Crippen molar-refractivity contribution in [2.24, 2.45) is 5.92 Å². The lowest BCUT2D eigenvalue weighted by Crippen LogP contribution is -2.28. The molecular weight excluding hydrogens is 400 g/mol. The molecule has 0 radical (unpaired) electrons. The Balaban J connectivity index is 0.000000858. The van der Waals surface area contributed by atoms with E-state index in [-0.39, 0.29) is 19.1 Å². The Labute approximate surface area is 183 Å². The van der Waals surface area contributed by atoms with E-state index in [0.29, 0.717) is 0 Å². The summed E-state index contributed by atoms with van der Waals surface area (Å²) in [6.07, 6.45) is 0.775. The molecule has 0 amide bonds. The summed E-state index contributed by atoms with van der Waals surface area (Å²) >= 11 is 0. The van der Waals surface area contributed by atoms with Gasteiger partial charge in [-0.05, 0) is 41.8 Å². The minimum Gasteiger partial charge on any atom is -0.394 e. The summed E-state index contributed by atoms with van der Waals surface area (Å²) in [7, 11) is 0. The molecule has 3 N–H and O–H groups in total. The van der Waals surface area contributed by atoms with Crippen LogP contribution in [0.15, 0.2) is 48.5 Å². The van der Waals surface area contributed by atoms with Crippen LogP contribution in [0.2, 0.25) is 0 Å². The molecule has 0 spiro atoms. The molecule has 0 unspecified atom stereocenters. The highest BCUT2D eigenvalue weighted by molar-refractivity contribution is 5.49. The first-order chi connectivity index (χ1) is 14.9. The molecular formula is C23H32N2O6. The first-order valence-electron chi connectivity index (χ1n) is 10.7. The Morgan fingerprint density at radius 3 is 1.71 bits per heavy atom. The molecule has 0 atom stereocenters. The number of rotatable bonds is 10. The lowest BCUT2D eigenvalue weighted by Gasteiger charge is -2.14. The average Bonchev–Trinajstić information content (AvgIpc) is 3.68. The van der Waals surface area contributed by atoms with Crippen LogP contribution in [0.1, 0.15) is 45.2 Å². The molecule has 2 heterocycles. The quantitative estimate of drug-likeness (QED) is 0.289. The zero-order valence-electron chi connectivity index (χ0n) is 18.5. The van der Waals surface area contributed by atoms with Crippen molar-refractivity contribution in [3.8, 4) is 0 Å². The average molecular weight is 433 g/mol. The van der Waals surface area contributed by atoms with Gasteiger partial charge >= 0.3 is 12.0 Å². The van der Waals surface area contributed by atoms with Crippen LogP contribution in [0.25, 0.3) is 0 Å². The third-order valence-electron chi connectivity index (χ3n) is 4.57. The van der Waals surface area contributed by atoms with Gasteiger partial charge in [-0.25, -0.2) is 0 Å². The van der Waals surface area contributed by atoms with Crippen molar-refractivity contribution in [1.29, 1.82) is 0 Å². The van der Waals surface area contributed by atoms with Crippen LogP contribution in [-0.4, -0.2) is 30.3 Å². The molecule has 31 heavy (non-hydrogen) atoms. The first kappa shape index (κ1) is 23.5. The van der Waals surface area contributed by atoms with Gasteiger partial charge in [0.15, 0.2) is 0 Å². The second-order valence-electron chi connectivity index (χ2n) is 7.81. The molecule has 2 aromatic rings. The highest BCUT2D eigenvalue weighted by Crippen LogP contribution is 2.38. The first-order valence-corrected chi connectivity index (χ1v) is 10.7. The molecule has 2 aromatic carbocycles. The van der Waals surface area contributed by atoms with E-state index < -0.39 is 12.0 Å². The standard InChI is InChI=1S/C20H24N2O6.C3H8/c1-14(2)19(25-26-19)21-17-7-3-15(4-8-17)13-16-5-9-18(10-6-16)22-20(27-28-20)24-12-11-23;1-3-2/h3-10,14,21-23H,11-13H2,1-2H3;3H2,1-2H3. The fourth-order valence-corrected chi connectivity index (χ4v) is 2.79. The van der Waals surface area contributed by atoms with Crippen molar-refractivity contribution < 1.29 is 29.4 Å². The molecule has 0 bridgehead atoms. The largest absolute Gasteiger partial charge is 0.428 e. The predicted octanol–water partition coefficient (Wildman–Crippen LogP) is 4.37. The van der Waals surface area contributed by atoms with E-state index in [1.807, 2.05) is 50.2 Å². The second-order valence-corrected chi connectivity index (χ2v) is 7.81. The van der Waals surface area contributed by atoms with Crippen LogP contribution in [-0.2, 0) is 30.7 Å². The maximum Gasteiger partial charge on any atom is 0.428 e. The number of aliphatic hydroxyl groups excluding tert-OH is 1. The Morgan fingerprint density at radius 1 is 0.839 bits per heavy atom. The Morgan fingerprint density at radius 2 is 1.32 bits per heavy atom. The second kappa shape index (κ2) is 10.4. The smallest absolute Gasteiger partial charge is 0.394 e. The van der Waals surface area contributed by atoms with Crippen molar-refractivity contribution in [3.05, 3.63) is 59.7 Å². The molecule has 0 aliphatic carbocycles. The van der Waals surface area contributed by atoms with Crippen molar-refractivity contribution in [2.75, 3.05) is 23.8 Å². The van der Waals surface area contributed by atoms with Gasteiger partial charge < -0.3 is 20.5 Å². The third-order valence-corrected chi connectivity index (χ3v) is 4.57. The Bertz CT molecular complexity index is 802. The number of hydrogen-bond acceptors (Lipinski definition) is 8. The van der Waals surface area contributed by atoms with Crippen LogP contribution in [0.3, 0.4) is 0 Å². The van der Waals surface area contributed by atoms with Crippen LogP contribution in [0.4, 0.5) is 11.4 Å². The fourth-order valence-electron chi connectivity index (χ4n) is 2.79. The van der Waals surface area contributed by atoms with E-state index in [4.69, 9.17) is 29.4 Å². The molecule has 2 aliphatic rings. The topological polar surface area (TPSA) is 104 Å². The van der Waals surface area contributed by atoms with Crippen molar-refractivity contribution in [2.45, 2.75) is 52.5 Å². The Kier molecular flexibility index (Phi) is 7.88. The van der Waals surface area contributed by atoms with Gasteiger partial charge in [-0.15, -0.1) is 9.78 Å². The highest BCUT2D eigenvalue weighted by Gasteiger charge is 2.53. The van der Waals surface area contributed by atoms with E-state index in [0.717, 1.165) is 17.8 Å². The van der Waals surface area contributed by atoms with Gasteiger partial charge in [0.25, 0.3) is 0 Å². The predicted molar refractivity (Wildman–Crippen MR) is 117 cm³/mol. The van der Waals surface area contributed by atoms with Crippen molar-refractivity contribution in [3.63, 3.8) is 0 Å². The number of aliphatic hydroxyl groups is 1. The number of hydrogen-bond donors (Lipinski definition) is 3. The highest BCUT2D eigenvalue weighted by atomic mass is 17.5. The lowest BCUT2D eigenvalue weighted by molar-refractivity contribution is -0.0458. The van der Waals surface area contributed by atoms with Gasteiger partial charge in [-0.2, -0.15) is 9.78 Å². The van der Waals surface area contributed by atoms with Crippen LogP contribution in [0, 0.1) is 5.92 Å². The molecule has 0 saturated carbocycles. The monoisotopic (exact) mass is 432 g/mol. The molecule has 170 valence electrons. The maximum atomic E-state index is 8.82. The number of nitrogens with one attached hydrogen (secondary N) is 2. The van der Waals surface area contributed by atoms with Gasteiger partial charge in [-0.1, -0.05) is 58.4 Å². The SMILES string of the molecule is CC(C)C1(Nc2ccc(Cc3ccc(NC4(OCCO)OO4)cc3)cc2)OO1.CCC. The van der Waals surface area contributed by atoms with E-state index in [1.54, 1.807) is 0 Å². The molecule has 8 nitrogen and oxygen atoms in total. The molecule has 0 aromatic heterocycles. The number of ether oxygens (including phenoxy) is 1. The summed E-state index contributed by atoms with van der Waals surface area (Å²) in [6, 6.07) is 16.1. The summed E-state index contributed by atoms with van der Waals surface area (Å²) in [5, 5.41) is 15.1. The van der Waals surface area contributed by atoms with Gasteiger partial charge in [0, 0.05) is 17.3 Å². The van der Waals surface area contributed by atoms with Gasteiger partial charge in [0.1, 0.15) is 0 Å². The minimum atomic E-state index is -1.28. The van der Waals surface area contributed by atoms with E-state index in [2.05, 4.69) is 36.6 Å². The Hall–Kier alpha value is -2.20. The molecule has 2 aliphatic heterocycles. The number of anilines is 2. The molecule has 2 fully saturated rings. The maximum absolute atomic E-state index is 8.82. The summed E-state index contributed by atoms with van der Waals surface area (Å²) in [5.74, 6) is -0.490. The summed E-state index contributed by atoms with van der Waals surface area (Å²) in [4.78, 5) is 19.9. The summed E-state index contributed by atoms with van der Waals surface area (Å²) in [6.45, 7) is 8.33. The van der Waals surface area contributed by atoms with E-state index >= 15 is 0 Å². The molecule has 4 rings (SSSR count). The van der Waals surface area contributed by atoms with Gasteiger partial charge in [0.05, 0.1) is 13.2 Å². The fraction of sp³-hybridized carbons (Fsp3) is 0.478. The zero-order valence-corrected chi connectivity index (χ0v) is 18.5. The van der Waals surface area contributed by atoms with Gasteiger partial charge in [0.2, 0.25) is 0 Å². The van der Waals surface area contributed by atoms with Crippen LogP contribution in [0.5, 0.6) is 0 Å². The summed E-state index contributed by atoms with van der Waals surface area (Å²) in [5.41, 5.74) is 4.11. The third kappa shape index (κ3) is 6.64. The zero-order chi connectivity index (χ0) is 22.3. The summed E-state index contributed by atoms with van der Waals surface area (Å²) < 4.78 is 5.26. The van der Waals surface area contributed by atoms with Crippen LogP contribution >= 0.6 is 0 Å². The van der Waals surface area contributed by atoms with Gasteiger partial charge in [-0.3, -0.25) is 0 Å². The number of benzene rings is 2. The molecule has 2 saturated heterocycles. The van der Waals surface area contributed by atoms with Crippen molar-refractivity contribution in [1.82, 2.24) is 0 Å². The molecule has 8 heteroatoms. The minimum absolute atomic E-state index is 0.109. The van der Waals surface area contributed by atoms with Crippen molar-refractivity contribution >= 4 is 11.4 Å². The lowest BCUT2D eigenvalue weighted by atomic mass is 10.0. The normalized spacial score (nSPS) is 17.5. The van der Waals surface area contributed by atoms with E-state index in [9.17, 15) is 0 Å². The van der Waals surface area contributed by atoms with Crippen LogP contribution < -0.4 is 10.6 Å².